The van der Waals surface area contributed by atoms with Gasteiger partial charge in [-0.15, -0.1) is 0 Å². The number of esters is 1. The van der Waals surface area contributed by atoms with Crippen LogP contribution in [0.4, 0.5) is 0 Å². The minimum atomic E-state index is -0.457. The molecule has 0 fully saturated rings. The summed E-state index contributed by atoms with van der Waals surface area (Å²) in [6.07, 6.45) is 6.85. The summed E-state index contributed by atoms with van der Waals surface area (Å²) in [6, 6.07) is 25.6. The molecule has 0 aliphatic rings. The van der Waals surface area contributed by atoms with E-state index in [1.807, 2.05) is 54.6 Å². The largest absolute Gasteiger partial charge is 0.494 e. The first-order chi connectivity index (χ1) is 25.6. The molecule has 4 rings (SSSR count). The van der Waals surface area contributed by atoms with Gasteiger partial charge in [0.05, 0.1) is 25.4 Å². The Kier molecular flexibility index (Phi) is 17.7. The van der Waals surface area contributed by atoms with Crippen molar-refractivity contribution in [2.75, 3.05) is 53.5 Å². The fourth-order valence-electron chi connectivity index (χ4n) is 4.88. The quantitative estimate of drug-likeness (QED) is 0.00916. The summed E-state index contributed by atoms with van der Waals surface area (Å²) < 4.78 is 39.3. The number of rotatable bonds is 26. The monoisotopic (exact) mass is 712 g/mol. The molecule has 0 aliphatic carbocycles. The highest BCUT2D eigenvalue weighted by molar-refractivity contribution is 5.92. The van der Waals surface area contributed by atoms with Crippen LogP contribution in [0.15, 0.2) is 110 Å². The molecule has 4 aromatic carbocycles. The lowest BCUT2D eigenvalue weighted by molar-refractivity contribution is -0.248. The molecule has 0 spiro atoms. The molecule has 0 saturated carbocycles. The number of methoxy groups -OCH3 is 1. The van der Waals surface area contributed by atoms with Gasteiger partial charge in [-0.1, -0.05) is 49.6 Å². The maximum absolute atomic E-state index is 12.9. The number of fused-ring (bicyclic) bond motifs is 1. The Morgan fingerprint density at radius 3 is 1.94 bits per heavy atom. The van der Waals surface area contributed by atoms with Crippen molar-refractivity contribution in [3.63, 3.8) is 0 Å². The highest BCUT2D eigenvalue weighted by atomic mass is 17.2. The third-order valence-electron chi connectivity index (χ3n) is 7.65. The standard InChI is InChI=1S/C42H48O10/c1-4-23-50-51-29-8-6-5-7-27-47-38-19-21-39(22-20-38)48-32-49-40-17-15-37-31-41(18-16-36(37)30-40)52-42(43)35-13-11-34(12-14-35)33(2)46-28-10-26-45-25-9-24-44-3/h11-23,30-31H,1-2,5-10,24-29,32H2,3H3. The summed E-state index contributed by atoms with van der Waals surface area (Å²) in [4.78, 5) is 22.5. The number of hydrogen-bond acceptors (Lipinski definition) is 10. The van der Waals surface area contributed by atoms with Gasteiger partial charge in [-0.25, -0.2) is 4.79 Å². The Balaban J connectivity index is 1.13. The molecule has 0 aromatic heterocycles. The Morgan fingerprint density at radius 1 is 0.635 bits per heavy atom. The first-order valence-electron chi connectivity index (χ1n) is 17.4. The smallest absolute Gasteiger partial charge is 0.343 e. The first-order valence-corrected chi connectivity index (χ1v) is 17.4. The molecule has 0 atom stereocenters. The van der Waals surface area contributed by atoms with Crippen LogP contribution in [0.5, 0.6) is 23.0 Å². The second kappa shape index (κ2) is 23.3. The van der Waals surface area contributed by atoms with E-state index in [1.165, 1.54) is 6.26 Å². The van der Waals surface area contributed by atoms with Gasteiger partial charge < -0.3 is 38.0 Å². The molecule has 0 unspecified atom stereocenters. The van der Waals surface area contributed by atoms with Gasteiger partial charge in [0.1, 0.15) is 28.8 Å². The minimum absolute atomic E-state index is 0.0446. The second-order valence-electron chi connectivity index (χ2n) is 11.6. The molecule has 0 aliphatic heterocycles. The van der Waals surface area contributed by atoms with E-state index in [0.717, 1.165) is 60.6 Å². The van der Waals surface area contributed by atoms with Crippen LogP contribution < -0.4 is 18.9 Å². The Bertz CT molecular complexity index is 1690. The van der Waals surface area contributed by atoms with Crippen molar-refractivity contribution in [1.29, 1.82) is 0 Å². The molecule has 10 nitrogen and oxygen atoms in total. The van der Waals surface area contributed by atoms with E-state index in [2.05, 4.69) is 18.9 Å². The lowest BCUT2D eigenvalue weighted by Gasteiger charge is -2.11. The van der Waals surface area contributed by atoms with E-state index in [9.17, 15) is 4.79 Å². The second-order valence-corrected chi connectivity index (χ2v) is 11.6. The van der Waals surface area contributed by atoms with Gasteiger partial charge in [-0.05, 0) is 97.1 Å². The Labute approximate surface area is 306 Å². The van der Waals surface area contributed by atoms with Crippen molar-refractivity contribution in [2.45, 2.75) is 38.5 Å². The average molecular weight is 713 g/mol. The summed E-state index contributed by atoms with van der Waals surface area (Å²) in [5.74, 6) is 2.64. The fraction of sp³-hybridized carbons (Fsp3) is 0.333. The molecule has 0 saturated heterocycles. The van der Waals surface area contributed by atoms with Gasteiger partial charge in [0.25, 0.3) is 0 Å². The Hall–Kier alpha value is -5.25. The minimum Gasteiger partial charge on any atom is -0.494 e. The number of hydrogen-bond donors (Lipinski definition) is 0. The molecule has 0 heterocycles. The molecule has 0 radical (unpaired) electrons. The van der Waals surface area contributed by atoms with Crippen LogP contribution in [-0.4, -0.2) is 59.5 Å². The van der Waals surface area contributed by atoms with Gasteiger partial charge in [-0.3, -0.25) is 0 Å². The number of carbonyl (C=O) groups is 1. The van der Waals surface area contributed by atoms with E-state index in [-0.39, 0.29) is 6.79 Å². The summed E-state index contributed by atoms with van der Waals surface area (Å²) in [5, 5.41) is 1.83. The van der Waals surface area contributed by atoms with E-state index in [0.29, 0.717) is 68.2 Å². The van der Waals surface area contributed by atoms with Crippen molar-refractivity contribution < 1.29 is 47.7 Å². The maximum Gasteiger partial charge on any atom is 0.343 e. The first kappa shape index (κ1) is 39.5. The van der Waals surface area contributed by atoms with E-state index in [4.69, 9.17) is 42.9 Å². The number of benzene rings is 4. The van der Waals surface area contributed by atoms with Crippen molar-refractivity contribution in [2.24, 2.45) is 0 Å². The van der Waals surface area contributed by atoms with Crippen molar-refractivity contribution in [3.05, 3.63) is 121 Å². The summed E-state index contributed by atoms with van der Waals surface area (Å²) >= 11 is 0. The number of ether oxygens (including phenoxy) is 7. The van der Waals surface area contributed by atoms with Crippen molar-refractivity contribution in [1.82, 2.24) is 0 Å². The van der Waals surface area contributed by atoms with Gasteiger partial charge in [0.15, 0.2) is 6.26 Å². The maximum atomic E-state index is 12.9. The molecule has 0 bridgehead atoms. The van der Waals surface area contributed by atoms with Crippen LogP contribution in [-0.2, 0) is 24.0 Å². The number of carbonyl (C=O) groups excluding carboxylic acids is 1. The van der Waals surface area contributed by atoms with Gasteiger partial charge >= 0.3 is 5.97 Å². The molecule has 0 amide bonds. The van der Waals surface area contributed by atoms with Crippen LogP contribution in [0.25, 0.3) is 16.5 Å². The lowest BCUT2D eigenvalue weighted by Crippen LogP contribution is -2.08. The highest BCUT2D eigenvalue weighted by Crippen LogP contribution is 2.26. The van der Waals surface area contributed by atoms with Gasteiger partial charge in [0, 0.05) is 38.9 Å². The van der Waals surface area contributed by atoms with E-state index < -0.39 is 5.97 Å². The zero-order valence-corrected chi connectivity index (χ0v) is 29.8. The van der Waals surface area contributed by atoms with Crippen LogP contribution >= 0.6 is 0 Å². The van der Waals surface area contributed by atoms with Crippen LogP contribution in [0.3, 0.4) is 0 Å². The third kappa shape index (κ3) is 14.5. The summed E-state index contributed by atoms with van der Waals surface area (Å²) in [5.41, 5.74) is 3.69. The molecule has 52 heavy (non-hydrogen) atoms. The lowest BCUT2D eigenvalue weighted by atomic mass is 10.1. The zero-order valence-electron chi connectivity index (χ0n) is 29.8. The fourth-order valence-corrected chi connectivity index (χ4v) is 4.88. The van der Waals surface area contributed by atoms with Gasteiger partial charge in [-0.2, -0.15) is 4.89 Å². The predicted molar refractivity (Wildman–Crippen MR) is 200 cm³/mol. The summed E-state index contributed by atoms with van der Waals surface area (Å²) in [6.45, 7) is 11.1. The van der Waals surface area contributed by atoms with E-state index in [1.54, 1.807) is 37.4 Å². The molecular formula is C42H48O10. The average Bonchev–Trinajstić information content (AvgIpc) is 3.17. The normalized spacial score (nSPS) is 10.6. The van der Waals surface area contributed by atoms with Crippen LogP contribution in [0, 0.1) is 0 Å². The molecule has 4 aromatic rings. The molecule has 0 N–H and O–H groups in total. The van der Waals surface area contributed by atoms with Crippen LogP contribution in [0.1, 0.15) is 54.4 Å². The Morgan fingerprint density at radius 2 is 1.23 bits per heavy atom. The summed E-state index contributed by atoms with van der Waals surface area (Å²) in [7, 11) is 1.68. The zero-order chi connectivity index (χ0) is 36.6. The van der Waals surface area contributed by atoms with Gasteiger partial charge in [0.2, 0.25) is 6.79 Å². The highest BCUT2D eigenvalue weighted by Gasteiger charge is 2.11. The van der Waals surface area contributed by atoms with E-state index >= 15 is 0 Å². The molecule has 10 heteroatoms. The van der Waals surface area contributed by atoms with Crippen molar-refractivity contribution in [3.8, 4) is 23.0 Å². The SMILES string of the molecule is C=C=COOCCCCCCOc1ccc(OCOc2ccc3cc(OC(=O)c4ccc(C(=C)OCCCOCCCOC)cc4)ccc3c2)cc1. The number of unbranched alkanes of at least 4 members (excludes halogenated alkanes) is 3. The van der Waals surface area contributed by atoms with Crippen molar-refractivity contribution >= 4 is 22.5 Å². The topological polar surface area (TPSA) is 100 Å². The van der Waals surface area contributed by atoms with Crippen LogP contribution in [0.2, 0.25) is 0 Å². The molecular weight excluding hydrogens is 664 g/mol. The molecule has 276 valence electrons. The predicted octanol–water partition coefficient (Wildman–Crippen LogP) is 9.09. The third-order valence-corrected chi connectivity index (χ3v) is 7.65.